The first-order chi connectivity index (χ1) is 16.9. The molecule has 0 N–H and O–H groups in total. The first kappa shape index (κ1) is 24.3. The number of nitrogens with zero attached hydrogens (tertiary/aromatic N) is 2. The summed E-state index contributed by atoms with van der Waals surface area (Å²) in [6, 6.07) is 18.5. The molecule has 3 aromatic carbocycles. The van der Waals surface area contributed by atoms with E-state index in [0.717, 1.165) is 0 Å². The van der Waals surface area contributed by atoms with Crippen molar-refractivity contribution in [1.29, 1.82) is 10.5 Å². The Labute approximate surface area is 213 Å². The number of rotatable bonds is 6. The molecule has 0 aromatic heterocycles. The molecule has 4 rings (SSSR count). The lowest BCUT2D eigenvalue weighted by molar-refractivity contribution is 0.353. The van der Waals surface area contributed by atoms with Crippen molar-refractivity contribution in [3.05, 3.63) is 80.8 Å². The van der Waals surface area contributed by atoms with Gasteiger partial charge in [-0.1, -0.05) is 35.3 Å². The number of hydrogen-bond donors (Lipinski definition) is 0. The van der Waals surface area contributed by atoms with Crippen LogP contribution in [-0.2, 0) is 5.41 Å². The van der Waals surface area contributed by atoms with E-state index in [1.807, 2.05) is 0 Å². The van der Waals surface area contributed by atoms with Crippen LogP contribution in [0.25, 0.3) is 11.1 Å². The first-order valence-electron chi connectivity index (χ1n) is 10.4. The van der Waals surface area contributed by atoms with E-state index in [4.69, 9.17) is 42.1 Å². The molecule has 3 aromatic rings. The molecule has 8 heteroatoms. The Bertz CT molecular complexity index is 1450. The SMILES string of the molecule is COc1ccc(C2(C#N)C(c3ccc(Cl)c(Cl)c3)=C(C#N)c3cc(OC)c(OC)cc32)cc1OC. The fraction of sp³-hybridized carbons (Fsp3) is 0.185. The number of nitriles is 2. The van der Waals surface area contributed by atoms with Crippen LogP contribution in [0.3, 0.4) is 0 Å². The maximum Gasteiger partial charge on any atom is 0.161 e. The third-order valence-corrected chi connectivity index (χ3v) is 6.87. The summed E-state index contributed by atoms with van der Waals surface area (Å²) in [4.78, 5) is 0. The van der Waals surface area contributed by atoms with Gasteiger partial charge in [0.15, 0.2) is 23.0 Å². The number of fused-ring (bicyclic) bond motifs is 1. The highest BCUT2D eigenvalue weighted by molar-refractivity contribution is 6.42. The molecular weight excluding hydrogens is 487 g/mol. The summed E-state index contributed by atoms with van der Waals surface area (Å²) in [7, 11) is 6.09. The Kier molecular flexibility index (Phi) is 6.54. The second-order valence-electron chi connectivity index (χ2n) is 7.68. The van der Waals surface area contributed by atoms with E-state index in [1.165, 1.54) is 28.4 Å². The zero-order valence-electron chi connectivity index (χ0n) is 19.4. The number of benzene rings is 3. The molecule has 0 aliphatic heterocycles. The Morgan fingerprint density at radius 2 is 1.34 bits per heavy atom. The molecule has 0 bridgehead atoms. The van der Waals surface area contributed by atoms with E-state index < -0.39 is 5.41 Å². The monoisotopic (exact) mass is 506 g/mol. The molecule has 6 nitrogen and oxygen atoms in total. The highest BCUT2D eigenvalue weighted by Gasteiger charge is 2.49. The Morgan fingerprint density at radius 3 is 1.91 bits per heavy atom. The van der Waals surface area contributed by atoms with Gasteiger partial charge in [0, 0.05) is 11.1 Å². The van der Waals surface area contributed by atoms with Crippen LogP contribution in [0, 0.1) is 22.7 Å². The summed E-state index contributed by atoms with van der Waals surface area (Å²) in [6.45, 7) is 0. The van der Waals surface area contributed by atoms with Crippen LogP contribution in [0.4, 0.5) is 0 Å². The first-order valence-corrected chi connectivity index (χ1v) is 11.2. The van der Waals surface area contributed by atoms with E-state index >= 15 is 0 Å². The number of hydrogen-bond acceptors (Lipinski definition) is 6. The van der Waals surface area contributed by atoms with Crippen LogP contribution < -0.4 is 18.9 Å². The normalized spacial score (nSPS) is 16.2. The molecule has 0 saturated carbocycles. The summed E-state index contributed by atoms with van der Waals surface area (Å²) in [5.74, 6) is 1.82. The second kappa shape index (κ2) is 9.43. The summed E-state index contributed by atoms with van der Waals surface area (Å²) in [5, 5.41) is 21.9. The van der Waals surface area contributed by atoms with Gasteiger partial charge in [-0.2, -0.15) is 10.5 Å². The Balaban J connectivity index is 2.17. The van der Waals surface area contributed by atoms with Crippen LogP contribution in [0.2, 0.25) is 10.0 Å². The van der Waals surface area contributed by atoms with Crippen molar-refractivity contribution in [2.45, 2.75) is 5.41 Å². The van der Waals surface area contributed by atoms with Gasteiger partial charge in [-0.05, 0) is 53.1 Å². The van der Waals surface area contributed by atoms with Gasteiger partial charge in [-0.3, -0.25) is 0 Å². The molecule has 1 aliphatic rings. The van der Waals surface area contributed by atoms with Crippen LogP contribution >= 0.6 is 23.2 Å². The predicted octanol–water partition coefficient (Wildman–Crippen LogP) is 6.29. The lowest BCUT2D eigenvalue weighted by atomic mass is 9.70. The van der Waals surface area contributed by atoms with Crippen LogP contribution in [-0.4, -0.2) is 28.4 Å². The predicted molar refractivity (Wildman–Crippen MR) is 134 cm³/mol. The standard InChI is InChI=1S/C27H20Cl2N2O4/c1-32-22-8-6-16(10-23(22)33-2)27(14-31)19-12-25(35-4)24(34-3)11-17(19)18(13-30)26(27)15-5-7-20(28)21(29)9-15/h5-12H,1-4H3. The lowest BCUT2D eigenvalue weighted by Gasteiger charge is -2.29. The zero-order chi connectivity index (χ0) is 25.3. The third kappa shape index (κ3) is 3.63. The minimum absolute atomic E-state index is 0.305. The summed E-state index contributed by atoms with van der Waals surface area (Å²) in [6.07, 6.45) is 0. The van der Waals surface area contributed by atoms with Crippen molar-refractivity contribution in [3.8, 4) is 35.1 Å². The van der Waals surface area contributed by atoms with Crippen molar-refractivity contribution < 1.29 is 18.9 Å². The van der Waals surface area contributed by atoms with Gasteiger partial charge < -0.3 is 18.9 Å². The van der Waals surface area contributed by atoms with E-state index in [-0.39, 0.29) is 0 Å². The fourth-order valence-corrected chi connectivity index (χ4v) is 4.83. The zero-order valence-corrected chi connectivity index (χ0v) is 20.9. The Hall–Kier alpha value is -3.84. The van der Waals surface area contributed by atoms with Crippen molar-refractivity contribution in [2.24, 2.45) is 0 Å². The molecule has 0 heterocycles. The molecule has 176 valence electrons. The van der Waals surface area contributed by atoms with Gasteiger partial charge in [0.05, 0.1) is 50.1 Å². The smallest absolute Gasteiger partial charge is 0.161 e. The number of allylic oxidation sites excluding steroid dienone is 2. The van der Waals surface area contributed by atoms with E-state index in [9.17, 15) is 10.5 Å². The molecule has 1 unspecified atom stereocenters. The second-order valence-corrected chi connectivity index (χ2v) is 8.49. The topological polar surface area (TPSA) is 84.5 Å². The minimum Gasteiger partial charge on any atom is -0.493 e. The van der Waals surface area contributed by atoms with Gasteiger partial charge >= 0.3 is 0 Å². The number of methoxy groups -OCH3 is 4. The molecular formula is C27H20Cl2N2O4. The van der Waals surface area contributed by atoms with Gasteiger partial charge in [-0.25, -0.2) is 0 Å². The highest BCUT2D eigenvalue weighted by Crippen LogP contribution is 2.57. The molecule has 0 amide bonds. The molecule has 1 atom stereocenters. The quantitative estimate of drug-likeness (QED) is 0.390. The summed E-state index contributed by atoms with van der Waals surface area (Å²) >= 11 is 12.5. The molecule has 0 spiro atoms. The molecule has 1 aliphatic carbocycles. The fourth-order valence-electron chi connectivity index (χ4n) is 4.53. The average Bonchev–Trinajstić information content (AvgIpc) is 3.18. The molecule has 0 fully saturated rings. The van der Waals surface area contributed by atoms with Gasteiger partial charge in [0.25, 0.3) is 0 Å². The Morgan fingerprint density at radius 1 is 0.714 bits per heavy atom. The number of ether oxygens (including phenoxy) is 4. The summed E-state index contributed by atoms with van der Waals surface area (Å²) in [5.41, 5.74) is 1.68. The van der Waals surface area contributed by atoms with Gasteiger partial charge in [0.1, 0.15) is 11.5 Å². The van der Waals surface area contributed by atoms with Crippen molar-refractivity contribution >= 4 is 34.3 Å². The van der Waals surface area contributed by atoms with Crippen molar-refractivity contribution in [1.82, 2.24) is 0 Å². The molecule has 35 heavy (non-hydrogen) atoms. The highest BCUT2D eigenvalue weighted by atomic mass is 35.5. The molecule has 0 saturated heterocycles. The number of halogens is 2. The average molecular weight is 507 g/mol. The van der Waals surface area contributed by atoms with Crippen LogP contribution in [0.1, 0.15) is 22.3 Å². The van der Waals surface area contributed by atoms with E-state index in [2.05, 4.69) is 12.1 Å². The van der Waals surface area contributed by atoms with Crippen LogP contribution in [0.5, 0.6) is 23.0 Å². The van der Waals surface area contributed by atoms with Gasteiger partial charge in [0.2, 0.25) is 0 Å². The van der Waals surface area contributed by atoms with Crippen molar-refractivity contribution in [3.63, 3.8) is 0 Å². The maximum absolute atomic E-state index is 10.9. The van der Waals surface area contributed by atoms with Gasteiger partial charge in [-0.15, -0.1) is 0 Å². The van der Waals surface area contributed by atoms with E-state index in [1.54, 1.807) is 48.5 Å². The van der Waals surface area contributed by atoms with Crippen LogP contribution in [0.15, 0.2) is 48.5 Å². The lowest BCUT2D eigenvalue weighted by Crippen LogP contribution is -2.26. The largest absolute Gasteiger partial charge is 0.493 e. The van der Waals surface area contributed by atoms with Crippen molar-refractivity contribution in [2.75, 3.05) is 28.4 Å². The molecule has 0 radical (unpaired) electrons. The summed E-state index contributed by atoms with van der Waals surface area (Å²) < 4.78 is 22.0. The third-order valence-electron chi connectivity index (χ3n) is 6.13. The minimum atomic E-state index is -1.41. The van der Waals surface area contributed by atoms with E-state index in [0.29, 0.717) is 66.4 Å². The maximum atomic E-state index is 10.9.